The molecule has 1 aliphatic heterocycles. The van der Waals surface area contributed by atoms with Gasteiger partial charge in [-0.15, -0.1) is 0 Å². The van der Waals surface area contributed by atoms with Crippen LogP contribution in [0.2, 0.25) is 0 Å². The van der Waals surface area contributed by atoms with Crippen LogP contribution in [0.25, 0.3) is 6.20 Å². The Morgan fingerprint density at radius 1 is 1.42 bits per heavy atom. The van der Waals surface area contributed by atoms with Gasteiger partial charge in [-0.2, -0.15) is 5.10 Å². The molecule has 1 aromatic heterocycles. The molecule has 3 rings (SSSR count). The van der Waals surface area contributed by atoms with Crippen molar-refractivity contribution in [1.82, 2.24) is 15.1 Å². The minimum atomic E-state index is -0.481. The molecule has 0 aliphatic carbocycles. The minimum Gasteiger partial charge on any atom is -0.367 e. The highest BCUT2D eigenvalue weighted by molar-refractivity contribution is 9.10. The third-order valence-electron chi connectivity index (χ3n) is 3.37. The highest BCUT2D eigenvalue weighted by Crippen LogP contribution is 2.33. The SMILES string of the molecule is C[C@]1(c2cccc(Br)c2)NC(C=O)=Cn2nccc21. The Kier molecular flexibility index (Phi) is 2.78. The number of hydrogen-bond donors (Lipinski definition) is 1. The van der Waals surface area contributed by atoms with Gasteiger partial charge in [0, 0.05) is 10.7 Å². The van der Waals surface area contributed by atoms with E-state index < -0.39 is 5.54 Å². The van der Waals surface area contributed by atoms with E-state index in [-0.39, 0.29) is 0 Å². The lowest BCUT2D eigenvalue weighted by atomic mass is 9.87. The van der Waals surface area contributed by atoms with Crippen LogP contribution in [0.4, 0.5) is 0 Å². The maximum Gasteiger partial charge on any atom is 0.167 e. The van der Waals surface area contributed by atoms with E-state index in [1.807, 2.05) is 37.3 Å². The number of fused-ring (bicyclic) bond motifs is 1. The number of hydrogen-bond acceptors (Lipinski definition) is 3. The number of aromatic nitrogens is 2. The smallest absolute Gasteiger partial charge is 0.167 e. The molecule has 1 N–H and O–H groups in total. The first-order valence-corrected chi connectivity index (χ1v) is 6.68. The Bertz CT molecular complexity index is 677. The molecule has 4 nitrogen and oxygen atoms in total. The standard InChI is InChI=1S/C14H12BrN3O/c1-14(10-3-2-4-11(15)7-10)13-5-6-16-18(13)8-12(9-19)17-14/h2-9,17H,1H3/t14-/m1/s1. The van der Waals surface area contributed by atoms with Gasteiger partial charge in [0.15, 0.2) is 6.29 Å². The predicted molar refractivity (Wildman–Crippen MR) is 76.3 cm³/mol. The van der Waals surface area contributed by atoms with Crippen molar-refractivity contribution in [2.75, 3.05) is 0 Å². The highest BCUT2D eigenvalue weighted by Gasteiger charge is 2.35. The van der Waals surface area contributed by atoms with Gasteiger partial charge < -0.3 is 5.32 Å². The van der Waals surface area contributed by atoms with Crippen molar-refractivity contribution in [3.05, 3.63) is 58.0 Å². The molecular weight excluding hydrogens is 306 g/mol. The van der Waals surface area contributed by atoms with Crippen molar-refractivity contribution < 1.29 is 4.79 Å². The highest BCUT2D eigenvalue weighted by atomic mass is 79.9. The molecule has 0 saturated heterocycles. The van der Waals surface area contributed by atoms with Crippen molar-refractivity contribution in [3.63, 3.8) is 0 Å². The van der Waals surface area contributed by atoms with Crippen molar-refractivity contribution in [2.24, 2.45) is 0 Å². The lowest BCUT2D eigenvalue weighted by Crippen LogP contribution is -2.44. The fraction of sp³-hybridized carbons (Fsp3) is 0.143. The van der Waals surface area contributed by atoms with E-state index in [0.29, 0.717) is 5.70 Å². The van der Waals surface area contributed by atoms with E-state index >= 15 is 0 Å². The van der Waals surface area contributed by atoms with Gasteiger partial charge in [-0.1, -0.05) is 28.1 Å². The van der Waals surface area contributed by atoms with Crippen molar-refractivity contribution >= 4 is 28.4 Å². The molecule has 2 aromatic rings. The van der Waals surface area contributed by atoms with Crippen LogP contribution in [0.15, 0.2) is 46.7 Å². The van der Waals surface area contributed by atoms with E-state index in [1.54, 1.807) is 17.1 Å². The quantitative estimate of drug-likeness (QED) is 0.866. The van der Waals surface area contributed by atoms with E-state index in [1.165, 1.54) is 0 Å². The topological polar surface area (TPSA) is 46.9 Å². The molecular formula is C14H12BrN3O. The van der Waals surface area contributed by atoms with Gasteiger partial charge in [0.2, 0.25) is 0 Å². The Morgan fingerprint density at radius 3 is 3.00 bits per heavy atom. The number of nitrogens with zero attached hydrogens (tertiary/aromatic N) is 2. The number of aldehydes is 1. The van der Waals surface area contributed by atoms with E-state index in [4.69, 9.17) is 0 Å². The van der Waals surface area contributed by atoms with Crippen LogP contribution in [-0.4, -0.2) is 16.1 Å². The Hall–Kier alpha value is -1.88. The predicted octanol–water partition coefficient (Wildman–Crippen LogP) is 2.51. The second kappa shape index (κ2) is 4.35. The summed E-state index contributed by atoms with van der Waals surface area (Å²) in [6, 6.07) is 9.97. The van der Waals surface area contributed by atoms with Gasteiger partial charge in [-0.3, -0.25) is 4.79 Å². The molecule has 19 heavy (non-hydrogen) atoms. The molecule has 0 amide bonds. The molecule has 1 aromatic carbocycles. The van der Waals surface area contributed by atoms with Crippen molar-refractivity contribution in [2.45, 2.75) is 12.5 Å². The van der Waals surface area contributed by atoms with Crippen molar-refractivity contribution in [3.8, 4) is 0 Å². The third kappa shape index (κ3) is 1.90. The van der Waals surface area contributed by atoms with Crippen LogP contribution in [0.5, 0.6) is 0 Å². The number of rotatable bonds is 2. The summed E-state index contributed by atoms with van der Waals surface area (Å²) in [7, 11) is 0. The number of benzene rings is 1. The third-order valence-corrected chi connectivity index (χ3v) is 3.86. The first-order chi connectivity index (χ1) is 9.13. The van der Waals surface area contributed by atoms with Gasteiger partial charge in [-0.05, 0) is 30.7 Å². The van der Waals surface area contributed by atoms with Crippen LogP contribution in [-0.2, 0) is 10.3 Å². The first-order valence-electron chi connectivity index (χ1n) is 5.89. The van der Waals surface area contributed by atoms with Crippen LogP contribution in [0.3, 0.4) is 0 Å². The minimum absolute atomic E-state index is 0.481. The monoisotopic (exact) mass is 317 g/mol. The zero-order chi connectivity index (χ0) is 13.5. The number of allylic oxidation sites excluding steroid dienone is 1. The molecule has 0 saturated carbocycles. The molecule has 96 valence electrons. The van der Waals surface area contributed by atoms with E-state index in [9.17, 15) is 4.79 Å². The molecule has 1 aliphatic rings. The first kappa shape index (κ1) is 12.2. The normalized spacial score (nSPS) is 21.3. The van der Waals surface area contributed by atoms with Crippen LogP contribution in [0.1, 0.15) is 18.2 Å². The summed E-state index contributed by atoms with van der Waals surface area (Å²) in [6.45, 7) is 2.04. The second-order valence-electron chi connectivity index (χ2n) is 4.62. The molecule has 1 atom stereocenters. The summed E-state index contributed by atoms with van der Waals surface area (Å²) in [6.07, 6.45) is 4.24. The summed E-state index contributed by atoms with van der Waals surface area (Å²) in [5.41, 5.74) is 2.09. The average molecular weight is 318 g/mol. The van der Waals surface area contributed by atoms with E-state index in [2.05, 4.69) is 26.3 Å². The second-order valence-corrected chi connectivity index (χ2v) is 5.54. The van der Waals surface area contributed by atoms with Gasteiger partial charge in [0.25, 0.3) is 0 Å². The average Bonchev–Trinajstić information content (AvgIpc) is 2.87. The maximum absolute atomic E-state index is 11.1. The summed E-state index contributed by atoms with van der Waals surface area (Å²) in [4.78, 5) is 11.1. The van der Waals surface area contributed by atoms with Crippen molar-refractivity contribution in [1.29, 1.82) is 0 Å². The summed E-state index contributed by atoms with van der Waals surface area (Å²) in [5.74, 6) is 0. The van der Waals surface area contributed by atoms with Crippen LogP contribution < -0.4 is 5.32 Å². The zero-order valence-corrected chi connectivity index (χ0v) is 11.9. The molecule has 0 bridgehead atoms. The summed E-state index contributed by atoms with van der Waals surface area (Å²) >= 11 is 3.48. The fourth-order valence-electron chi connectivity index (χ4n) is 2.41. The maximum atomic E-state index is 11.1. The lowest BCUT2D eigenvalue weighted by Gasteiger charge is -2.35. The number of carbonyl (C=O) groups excluding carboxylic acids is 1. The number of carbonyl (C=O) groups is 1. The lowest BCUT2D eigenvalue weighted by molar-refractivity contribution is -0.105. The number of nitrogens with one attached hydrogen (secondary N) is 1. The summed E-state index contributed by atoms with van der Waals surface area (Å²) in [5, 5.41) is 7.50. The van der Waals surface area contributed by atoms with Crippen LogP contribution >= 0.6 is 15.9 Å². The van der Waals surface area contributed by atoms with Gasteiger partial charge in [-0.25, -0.2) is 4.68 Å². The van der Waals surface area contributed by atoms with Crippen LogP contribution in [0, 0.1) is 0 Å². The van der Waals surface area contributed by atoms with Gasteiger partial charge in [0.1, 0.15) is 5.54 Å². The fourth-order valence-corrected chi connectivity index (χ4v) is 2.81. The zero-order valence-electron chi connectivity index (χ0n) is 10.3. The number of halogens is 1. The molecule has 0 fully saturated rings. The molecule has 5 heteroatoms. The largest absolute Gasteiger partial charge is 0.367 e. The van der Waals surface area contributed by atoms with E-state index in [0.717, 1.165) is 22.0 Å². The molecule has 0 radical (unpaired) electrons. The Morgan fingerprint density at radius 2 is 2.26 bits per heavy atom. The molecule has 0 unspecified atom stereocenters. The van der Waals surface area contributed by atoms with Gasteiger partial charge >= 0.3 is 0 Å². The Balaban J connectivity index is 2.19. The molecule has 2 heterocycles. The Labute approximate surface area is 119 Å². The summed E-state index contributed by atoms with van der Waals surface area (Å²) < 4.78 is 2.74. The van der Waals surface area contributed by atoms with Gasteiger partial charge in [0.05, 0.1) is 17.6 Å². The molecule has 0 spiro atoms.